The molecule has 1 N–H and O–H groups in total. The second kappa shape index (κ2) is 8.80. The molecule has 0 radical (unpaired) electrons. The lowest BCUT2D eigenvalue weighted by Crippen LogP contribution is -2.41. The van der Waals surface area contributed by atoms with E-state index in [1.807, 2.05) is 42.3 Å². The van der Waals surface area contributed by atoms with Crippen molar-refractivity contribution in [3.8, 4) is 0 Å². The number of aryl methyl sites for hydroxylation is 1. The van der Waals surface area contributed by atoms with Gasteiger partial charge in [0.15, 0.2) is 0 Å². The molecule has 1 saturated heterocycles. The molecule has 6 heteroatoms. The number of nitrogens with zero attached hydrogens (tertiary/aromatic N) is 3. The number of carbonyl (C=O) groups excluding carboxylic acids is 2. The van der Waals surface area contributed by atoms with Gasteiger partial charge in [-0.1, -0.05) is 17.7 Å². The molecular formula is C23H30N4O2. The summed E-state index contributed by atoms with van der Waals surface area (Å²) >= 11 is 0. The molecule has 0 bridgehead atoms. The van der Waals surface area contributed by atoms with Gasteiger partial charge in [-0.15, -0.1) is 0 Å². The van der Waals surface area contributed by atoms with Gasteiger partial charge in [0.25, 0.3) is 5.91 Å². The molecule has 6 nitrogen and oxygen atoms in total. The van der Waals surface area contributed by atoms with E-state index in [-0.39, 0.29) is 11.8 Å². The van der Waals surface area contributed by atoms with Crippen molar-refractivity contribution in [3.05, 3.63) is 53.6 Å². The van der Waals surface area contributed by atoms with Crippen LogP contribution in [0.1, 0.15) is 59.8 Å². The Kier molecular flexibility index (Phi) is 5.97. The monoisotopic (exact) mass is 394 g/mol. The van der Waals surface area contributed by atoms with Crippen molar-refractivity contribution in [2.24, 2.45) is 5.92 Å². The number of carbonyl (C=O) groups is 2. The summed E-state index contributed by atoms with van der Waals surface area (Å²) in [6, 6.07) is 7.46. The van der Waals surface area contributed by atoms with Crippen LogP contribution < -0.4 is 5.32 Å². The standard InChI is InChI=1S/C23H30N4O2/c1-17-4-8-19(9-5-17)23(29)25-11-10-21(28)26-13-2-3-20(16-26)22-24-12-14-27(22)15-18-6-7-18/h4-5,8-9,12,14,18,20H,2-3,6-7,10-11,13,15-16H2,1H3,(H,25,29). The van der Waals surface area contributed by atoms with Crippen LogP contribution in [0, 0.1) is 12.8 Å². The summed E-state index contributed by atoms with van der Waals surface area (Å²) < 4.78 is 2.29. The average molecular weight is 395 g/mol. The first-order valence-corrected chi connectivity index (χ1v) is 10.7. The van der Waals surface area contributed by atoms with Gasteiger partial charge in [0.2, 0.25) is 5.91 Å². The Morgan fingerprint density at radius 2 is 1.97 bits per heavy atom. The van der Waals surface area contributed by atoms with Crippen molar-refractivity contribution in [1.29, 1.82) is 0 Å². The molecule has 154 valence electrons. The van der Waals surface area contributed by atoms with Crippen LogP contribution in [0.25, 0.3) is 0 Å². The first kappa shape index (κ1) is 19.7. The van der Waals surface area contributed by atoms with Gasteiger partial charge in [0.05, 0.1) is 0 Å². The molecule has 1 aliphatic heterocycles. The Hall–Kier alpha value is -2.63. The lowest BCUT2D eigenvalue weighted by Gasteiger charge is -2.33. The Balaban J connectivity index is 1.27. The number of benzene rings is 1. The first-order valence-electron chi connectivity index (χ1n) is 10.7. The van der Waals surface area contributed by atoms with Crippen LogP contribution in [-0.2, 0) is 11.3 Å². The zero-order valence-electron chi connectivity index (χ0n) is 17.1. The molecule has 2 fully saturated rings. The highest BCUT2D eigenvalue weighted by Crippen LogP contribution is 2.33. The van der Waals surface area contributed by atoms with Gasteiger partial charge in [-0.3, -0.25) is 9.59 Å². The third-order valence-corrected chi connectivity index (χ3v) is 5.98. The van der Waals surface area contributed by atoms with Crippen LogP contribution in [0.15, 0.2) is 36.7 Å². The first-order chi connectivity index (χ1) is 14.1. The molecule has 1 atom stereocenters. The molecule has 1 unspecified atom stereocenters. The van der Waals surface area contributed by atoms with E-state index < -0.39 is 0 Å². The lowest BCUT2D eigenvalue weighted by molar-refractivity contribution is -0.132. The van der Waals surface area contributed by atoms with Crippen molar-refractivity contribution < 1.29 is 9.59 Å². The van der Waals surface area contributed by atoms with E-state index in [0.29, 0.717) is 24.4 Å². The Labute approximate surface area is 172 Å². The van der Waals surface area contributed by atoms with Gasteiger partial charge in [-0.2, -0.15) is 0 Å². The summed E-state index contributed by atoms with van der Waals surface area (Å²) in [4.78, 5) is 31.5. The van der Waals surface area contributed by atoms with Gasteiger partial charge in [-0.05, 0) is 50.7 Å². The molecule has 2 heterocycles. The maximum Gasteiger partial charge on any atom is 0.251 e. The van der Waals surface area contributed by atoms with E-state index in [4.69, 9.17) is 0 Å². The molecule has 1 aromatic carbocycles. The minimum absolute atomic E-state index is 0.110. The largest absolute Gasteiger partial charge is 0.352 e. The lowest BCUT2D eigenvalue weighted by atomic mass is 9.96. The highest BCUT2D eigenvalue weighted by Gasteiger charge is 2.29. The fourth-order valence-corrected chi connectivity index (χ4v) is 4.08. The number of amides is 2. The van der Waals surface area contributed by atoms with Crippen LogP contribution in [0.4, 0.5) is 0 Å². The van der Waals surface area contributed by atoms with Crippen molar-refractivity contribution in [2.75, 3.05) is 19.6 Å². The van der Waals surface area contributed by atoms with E-state index in [1.54, 1.807) is 0 Å². The highest BCUT2D eigenvalue weighted by molar-refractivity contribution is 5.94. The Morgan fingerprint density at radius 1 is 1.17 bits per heavy atom. The number of rotatable bonds is 7. The molecule has 29 heavy (non-hydrogen) atoms. The van der Waals surface area contributed by atoms with E-state index in [9.17, 15) is 9.59 Å². The number of hydrogen-bond donors (Lipinski definition) is 1. The van der Waals surface area contributed by atoms with E-state index in [0.717, 1.165) is 49.8 Å². The van der Waals surface area contributed by atoms with Gasteiger partial charge in [0.1, 0.15) is 5.82 Å². The van der Waals surface area contributed by atoms with Crippen LogP contribution in [-0.4, -0.2) is 45.9 Å². The van der Waals surface area contributed by atoms with Crippen molar-refractivity contribution in [2.45, 2.75) is 51.5 Å². The van der Waals surface area contributed by atoms with Crippen LogP contribution in [0.3, 0.4) is 0 Å². The summed E-state index contributed by atoms with van der Waals surface area (Å²) in [6.07, 6.45) is 9.02. The fourth-order valence-electron chi connectivity index (χ4n) is 4.08. The fraction of sp³-hybridized carbons (Fsp3) is 0.522. The number of piperidine rings is 1. The van der Waals surface area contributed by atoms with Gasteiger partial charge < -0.3 is 14.8 Å². The molecule has 1 aromatic heterocycles. The Bertz CT molecular complexity index is 854. The molecule has 0 spiro atoms. The number of hydrogen-bond acceptors (Lipinski definition) is 3. The zero-order valence-corrected chi connectivity index (χ0v) is 17.1. The van der Waals surface area contributed by atoms with E-state index >= 15 is 0 Å². The Morgan fingerprint density at radius 3 is 2.72 bits per heavy atom. The average Bonchev–Trinajstić information content (AvgIpc) is 3.43. The number of aromatic nitrogens is 2. The summed E-state index contributed by atoms with van der Waals surface area (Å²) in [7, 11) is 0. The SMILES string of the molecule is Cc1ccc(C(=O)NCCC(=O)N2CCCC(c3nccn3CC3CC3)C2)cc1. The highest BCUT2D eigenvalue weighted by atomic mass is 16.2. The molecular weight excluding hydrogens is 364 g/mol. The van der Waals surface area contributed by atoms with Crippen molar-refractivity contribution in [3.63, 3.8) is 0 Å². The van der Waals surface area contributed by atoms with Gasteiger partial charge >= 0.3 is 0 Å². The zero-order chi connectivity index (χ0) is 20.2. The minimum atomic E-state index is -0.128. The van der Waals surface area contributed by atoms with E-state index in [1.165, 1.54) is 12.8 Å². The summed E-state index contributed by atoms with van der Waals surface area (Å²) in [6.45, 7) is 4.94. The van der Waals surface area contributed by atoms with Gasteiger partial charge in [-0.25, -0.2) is 4.98 Å². The quantitative estimate of drug-likeness (QED) is 0.785. The minimum Gasteiger partial charge on any atom is -0.352 e. The van der Waals surface area contributed by atoms with Crippen molar-refractivity contribution >= 4 is 11.8 Å². The molecule has 4 rings (SSSR count). The van der Waals surface area contributed by atoms with Crippen LogP contribution in [0.2, 0.25) is 0 Å². The van der Waals surface area contributed by atoms with Crippen molar-refractivity contribution in [1.82, 2.24) is 19.8 Å². The summed E-state index contributed by atoms with van der Waals surface area (Å²) in [5.74, 6) is 2.22. The van der Waals surface area contributed by atoms with Crippen LogP contribution in [0.5, 0.6) is 0 Å². The number of nitrogens with one attached hydrogen (secondary N) is 1. The molecule has 1 aliphatic carbocycles. The molecule has 1 saturated carbocycles. The normalized spacial score (nSPS) is 19.2. The predicted molar refractivity (Wildman–Crippen MR) is 112 cm³/mol. The number of imidazole rings is 1. The molecule has 2 aromatic rings. The second-order valence-electron chi connectivity index (χ2n) is 8.43. The maximum absolute atomic E-state index is 12.7. The smallest absolute Gasteiger partial charge is 0.251 e. The van der Waals surface area contributed by atoms with Crippen LogP contribution >= 0.6 is 0 Å². The summed E-state index contributed by atoms with van der Waals surface area (Å²) in [5.41, 5.74) is 1.75. The third-order valence-electron chi connectivity index (χ3n) is 5.98. The maximum atomic E-state index is 12.7. The molecule has 2 amide bonds. The van der Waals surface area contributed by atoms with Gasteiger partial charge in [0, 0.05) is 56.5 Å². The number of likely N-dealkylation sites (tertiary alicyclic amines) is 1. The predicted octanol–water partition coefficient (Wildman–Crippen LogP) is 3.13. The van der Waals surface area contributed by atoms with E-state index in [2.05, 4.69) is 21.1 Å². The summed E-state index contributed by atoms with van der Waals surface area (Å²) in [5, 5.41) is 2.86. The third kappa shape index (κ3) is 5.05. The topological polar surface area (TPSA) is 67.2 Å². The molecule has 2 aliphatic rings. The second-order valence-corrected chi connectivity index (χ2v) is 8.43.